The van der Waals surface area contributed by atoms with Gasteiger partial charge in [-0.25, -0.2) is 4.39 Å². The molecule has 1 aliphatic heterocycles. The number of nitrogens with zero attached hydrogens (tertiary/aromatic N) is 1. The van der Waals surface area contributed by atoms with Crippen LogP contribution in [0.5, 0.6) is 0 Å². The number of hydrogen-bond donors (Lipinski definition) is 3. The van der Waals surface area contributed by atoms with Crippen LogP contribution in [0.4, 0.5) is 21.5 Å². The summed E-state index contributed by atoms with van der Waals surface area (Å²) in [5.41, 5.74) is 1.61. The summed E-state index contributed by atoms with van der Waals surface area (Å²) in [6.45, 7) is 1.94. The predicted molar refractivity (Wildman–Crippen MR) is 108 cm³/mol. The summed E-state index contributed by atoms with van der Waals surface area (Å²) in [6.07, 6.45) is 0.194. The number of amides is 3. The SMILES string of the molecule is C[C@H]1CC(=O)Nc2ccccc2N1C(=O)C[NH+](C)CC(=O)Nc1cccc(F)c1. The molecule has 0 aliphatic carbocycles. The van der Waals surface area contributed by atoms with Gasteiger partial charge in [0.2, 0.25) is 5.91 Å². The zero-order chi connectivity index (χ0) is 21.0. The monoisotopic (exact) mass is 399 g/mol. The van der Waals surface area contributed by atoms with Gasteiger partial charge in [0, 0.05) is 18.2 Å². The minimum Gasteiger partial charge on any atom is -0.324 e. The number of hydrogen-bond acceptors (Lipinski definition) is 3. The molecule has 0 spiro atoms. The number of fused-ring (bicyclic) bond motifs is 1. The minimum absolute atomic E-state index is 0.0449. The van der Waals surface area contributed by atoms with Crippen molar-refractivity contribution in [1.82, 2.24) is 0 Å². The van der Waals surface area contributed by atoms with Gasteiger partial charge in [0.25, 0.3) is 11.8 Å². The fourth-order valence-corrected chi connectivity index (χ4v) is 3.42. The van der Waals surface area contributed by atoms with Crippen LogP contribution in [0.3, 0.4) is 0 Å². The Kier molecular flexibility index (Phi) is 6.23. The molecule has 3 amide bonds. The summed E-state index contributed by atoms with van der Waals surface area (Å²) < 4.78 is 13.2. The van der Waals surface area contributed by atoms with Crippen molar-refractivity contribution < 1.29 is 23.7 Å². The van der Waals surface area contributed by atoms with Gasteiger partial charge in [-0.15, -0.1) is 0 Å². The molecule has 0 bridgehead atoms. The van der Waals surface area contributed by atoms with Crippen LogP contribution in [0.25, 0.3) is 0 Å². The van der Waals surface area contributed by atoms with Crippen LogP contribution < -0.4 is 20.4 Å². The Morgan fingerprint density at radius 1 is 1.21 bits per heavy atom. The first-order valence-corrected chi connectivity index (χ1v) is 9.41. The summed E-state index contributed by atoms with van der Waals surface area (Å²) in [6, 6.07) is 12.5. The highest BCUT2D eigenvalue weighted by Gasteiger charge is 2.31. The van der Waals surface area contributed by atoms with Gasteiger partial charge in [0.15, 0.2) is 13.1 Å². The Balaban J connectivity index is 1.65. The lowest BCUT2D eigenvalue weighted by atomic mass is 10.1. The topological polar surface area (TPSA) is 83.0 Å². The molecule has 2 aromatic carbocycles. The van der Waals surface area contributed by atoms with Crippen molar-refractivity contribution >= 4 is 34.8 Å². The number of quaternary nitrogens is 1. The average Bonchev–Trinajstić information content (AvgIpc) is 2.75. The van der Waals surface area contributed by atoms with E-state index in [1.165, 1.54) is 18.2 Å². The molecular weight excluding hydrogens is 375 g/mol. The van der Waals surface area contributed by atoms with Crippen molar-refractivity contribution in [3.05, 3.63) is 54.3 Å². The summed E-state index contributed by atoms with van der Waals surface area (Å²) in [7, 11) is 1.74. The fourth-order valence-electron chi connectivity index (χ4n) is 3.42. The second-order valence-corrected chi connectivity index (χ2v) is 7.25. The molecule has 8 heteroatoms. The molecule has 0 aromatic heterocycles. The van der Waals surface area contributed by atoms with E-state index in [1.54, 1.807) is 36.2 Å². The van der Waals surface area contributed by atoms with E-state index in [2.05, 4.69) is 10.6 Å². The van der Waals surface area contributed by atoms with Crippen molar-refractivity contribution in [2.45, 2.75) is 19.4 Å². The third kappa shape index (κ3) is 5.17. The van der Waals surface area contributed by atoms with Crippen LogP contribution in [0, 0.1) is 5.82 Å². The summed E-state index contributed by atoms with van der Waals surface area (Å²) in [5, 5.41) is 5.45. The van der Waals surface area contributed by atoms with Crippen LogP contribution in [0.2, 0.25) is 0 Å². The minimum atomic E-state index is -0.435. The van der Waals surface area contributed by atoms with E-state index in [9.17, 15) is 18.8 Å². The van der Waals surface area contributed by atoms with Crippen molar-refractivity contribution in [2.75, 3.05) is 35.7 Å². The molecule has 0 saturated carbocycles. The molecule has 0 fully saturated rings. The maximum atomic E-state index is 13.2. The summed E-state index contributed by atoms with van der Waals surface area (Å²) >= 11 is 0. The van der Waals surface area contributed by atoms with Gasteiger partial charge in [-0.1, -0.05) is 18.2 Å². The molecule has 1 aliphatic rings. The number of halogens is 1. The van der Waals surface area contributed by atoms with Gasteiger partial charge in [-0.05, 0) is 37.3 Å². The maximum Gasteiger partial charge on any atom is 0.282 e. The lowest BCUT2D eigenvalue weighted by Gasteiger charge is -2.28. The molecule has 3 N–H and O–H groups in total. The third-order valence-electron chi connectivity index (χ3n) is 4.65. The van der Waals surface area contributed by atoms with E-state index in [-0.39, 0.29) is 43.3 Å². The lowest BCUT2D eigenvalue weighted by molar-refractivity contribution is -0.862. The van der Waals surface area contributed by atoms with E-state index < -0.39 is 5.82 Å². The van der Waals surface area contributed by atoms with Gasteiger partial charge in [0.05, 0.1) is 18.4 Å². The highest BCUT2D eigenvalue weighted by molar-refractivity contribution is 6.04. The van der Waals surface area contributed by atoms with Crippen LogP contribution in [0.15, 0.2) is 48.5 Å². The molecular formula is C21H24FN4O3+. The number of benzene rings is 2. The Morgan fingerprint density at radius 3 is 2.72 bits per heavy atom. The second kappa shape index (κ2) is 8.83. The number of rotatable bonds is 5. The van der Waals surface area contributed by atoms with Crippen LogP contribution >= 0.6 is 0 Å². The Labute approximate surface area is 168 Å². The van der Waals surface area contributed by atoms with Crippen molar-refractivity contribution in [2.24, 2.45) is 0 Å². The van der Waals surface area contributed by atoms with Crippen LogP contribution in [-0.4, -0.2) is 43.9 Å². The molecule has 1 unspecified atom stereocenters. The molecule has 2 aromatic rings. The third-order valence-corrected chi connectivity index (χ3v) is 4.65. The molecule has 2 atom stereocenters. The van der Waals surface area contributed by atoms with Gasteiger partial charge < -0.3 is 20.4 Å². The van der Waals surface area contributed by atoms with E-state index in [0.717, 1.165) is 0 Å². The molecule has 0 radical (unpaired) electrons. The van der Waals surface area contributed by atoms with Gasteiger partial charge in [0.1, 0.15) is 5.82 Å². The smallest absolute Gasteiger partial charge is 0.282 e. The van der Waals surface area contributed by atoms with Gasteiger partial charge in [-0.3, -0.25) is 14.4 Å². The number of carbonyl (C=O) groups excluding carboxylic acids is 3. The largest absolute Gasteiger partial charge is 0.324 e. The van der Waals surface area contributed by atoms with Crippen LogP contribution in [-0.2, 0) is 14.4 Å². The lowest BCUT2D eigenvalue weighted by Crippen LogP contribution is -3.11. The van der Waals surface area contributed by atoms with Crippen molar-refractivity contribution in [3.8, 4) is 0 Å². The average molecular weight is 399 g/mol. The van der Waals surface area contributed by atoms with Gasteiger partial charge in [-0.2, -0.15) is 0 Å². The fraction of sp³-hybridized carbons (Fsp3) is 0.286. The van der Waals surface area contributed by atoms with E-state index in [1.807, 2.05) is 13.0 Å². The highest BCUT2D eigenvalue weighted by Crippen LogP contribution is 2.30. The Bertz CT molecular complexity index is 934. The predicted octanol–water partition coefficient (Wildman–Crippen LogP) is 1.04. The normalized spacial score (nSPS) is 17.0. The first-order valence-electron chi connectivity index (χ1n) is 9.41. The van der Waals surface area contributed by atoms with E-state index >= 15 is 0 Å². The standard InChI is InChI=1S/C21H23FN4O3/c1-14-10-19(27)24-17-8-3-4-9-18(17)26(14)21(29)13-25(2)12-20(28)23-16-7-5-6-15(22)11-16/h3-9,11,14H,10,12-13H2,1-2H3,(H,23,28)(H,24,27)/p+1/t14-/m0/s1. The van der Waals surface area contributed by atoms with Crippen LogP contribution in [0.1, 0.15) is 13.3 Å². The highest BCUT2D eigenvalue weighted by atomic mass is 19.1. The van der Waals surface area contributed by atoms with Crippen molar-refractivity contribution in [1.29, 1.82) is 0 Å². The molecule has 7 nitrogen and oxygen atoms in total. The molecule has 152 valence electrons. The number of likely N-dealkylation sites (N-methyl/N-ethyl adjacent to an activating group) is 1. The van der Waals surface area contributed by atoms with E-state index in [4.69, 9.17) is 0 Å². The Hall–Kier alpha value is -3.26. The molecule has 3 rings (SSSR count). The summed E-state index contributed by atoms with van der Waals surface area (Å²) in [5.74, 6) is -1.08. The molecule has 29 heavy (non-hydrogen) atoms. The zero-order valence-corrected chi connectivity index (χ0v) is 16.4. The first kappa shape index (κ1) is 20.5. The Morgan fingerprint density at radius 2 is 1.97 bits per heavy atom. The quantitative estimate of drug-likeness (QED) is 0.703. The number of nitrogens with one attached hydrogen (secondary N) is 3. The van der Waals surface area contributed by atoms with Gasteiger partial charge >= 0.3 is 0 Å². The second-order valence-electron chi connectivity index (χ2n) is 7.25. The number of para-hydroxylation sites is 2. The number of anilines is 3. The zero-order valence-electron chi connectivity index (χ0n) is 16.4. The first-order chi connectivity index (χ1) is 13.8. The van der Waals surface area contributed by atoms with Crippen molar-refractivity contribution in [3.63, 3.8) is 0 Å². The molecule has 0 saturated heterocycles. The molecule has 1 heterocycles. The number of carbonyl (C=O) groups is 3. The van der Waals surface area contributed by atoms with E-state index in [0.29, 0.717) is 22.0 Å². The maximum absolute atomic E-state index is 13.2. The summed E-state index contributed by atoms with van der Waals surface area (Å²) in [4.78, 5) is 39.6.